The van der Waals surface area contributed by atoms with Gasteiger partial charge in [0.1, 0.15) is 0 Å². The Kier molecular flexibility index (Phi) is 5.84. The smallest absolute Gasteiger partial charge is 0.255 e. The Morgan fingerprint density at radius 3 is 2.48 bits per heavy atom. The number of anilines is 1. The van der Waals surface area contributed by atoms with Gasteiger partial charge in [0, 0.05) is 32.4 Å². The summed E-state index contributed by atoms with van der Waals surface area (Å²) >= 11 is 12.1. The van der Waals surface area contributed by atoms with Crippen molar-refractivity contribution in [1.82, 2.24) is 4.90 Å². The van der Waals surface area contributed by atoms with Gasteiger partial charge in [-0.25, -0.2) is 0 Å². The molecule has 132 valence electrons. The Balaban J connectivity index is 1.67. The van der Waals surface area contributed by atoms with Gasteiger partial charge in [0.25, 0.3) is 5.91 Å². The molecule has 1 heterocycles. The first-order valence-corrected chi connectivity index (χ1v) is 8.93. The number of carbonyl (C=O) groups excluding carboxylic acids is 1. The third kappa shape index (κ3) is 4.27. The van der Waals surface area contributed by atoms with Crippen LogP contribution in [0.25, 0.3) is 0 Å². The van der Waals surface area contributed by atoms with Gasteiger partial charge in [0.15, 0.2) is 0 Å². The molecule has 0 aliphatic carbocycles. The second-order valence-electron chi connectivity index (χ2n) is 6.03. The molecule has 0 aromatic heterocycles. The lowest BCUT2D eigenvalue weighted by molar-refractivity contribution is 0.0785. The summed E-state index contributed by atoms with van der Waals surface area (Å²) < 4.78 is 5.38. The minimum Gasteiger partial charge on any atom is -0.378 e. The highest BCUT2D eigenvalue weighted by atomic mass is 35.5. The molecule has 1 aliphatic rings. The van der Waals surface area contributed by atoms with E-state index < -0.39 is 0 Å². The zero-order valence-corrected chi connectivity index (χ0v) is 15.6. The van der Waals surface area contributed by atoms with Crippen LogP contribution in [0.1, 0.15) is 15.9 Å². The Labute approximate surface area is 157 Å². The molecule has 0 bridgehead atoms. The Hall–Kier alpha value is -1.75. The molecule has 2 aromatic rings. The molecule has 0 N–H and O–H groups in total. The van der Waals surface area contributed by atoms with E-state index in [4.69, 9.17) is 27.9 Å². The van der Waals surface area contributed by atoms with Crippen molar-refractivity contribution in [3.63, 3.8) is 0 Å². The maximum Gasteiger partial charge on any atom is 0.255 e. The quantitative estimate of drug-likeness (QED) is 0.802. The first-order chi connectivity index (χ1) is 12.1. The van der Waals surface area contributed by atoms with Gasteiger partial charge in [-0.15, -0.1) is 0 Å². The summed E-state index contributed by atoms with van der Waals surface area (Å²) in [7, 11) is 1.76. The minimum atomic E-state index is -0.148. The number of hydrogen-bond donors (Lipinski definition) is 0. The summed E-state index contributed by atoms with van der Waals surface area (Å²) in [4.78, 5) is 16.5. The van der Waals surface area contributed by atoms with Gasteiger partial charge in [0.2, 0.25) is 0 Å². The van der Waals surface area contributed by atoms with Crippen molar-refractivity contribution in [1.29, 1.82) is 0 Å². The largest absolute Gasteiger partial charge is 0.378 e. The van der Waals surface area contributed by atoms with Crippen molar-refractivity contribution in [3.8, 4) is 0 Å². The first kappa shape index (κ1) is 18.1. The van der Waals surface area contributed by atoms with Crippen LogP contribution in [0.4, 0.5) is 5.69 Å². The number of carbonyl (C=O) groups is 1. The molecule has 0 saturated carbocycles. The summed E-state index contributed by atoms with van der Waals surface area (Å²) in [6, 6.07) is 13.4. The SMILES string of the molecule is CN(Cc1ccc(N2CCOCC2)cc1)C(=O)c1cccc(Cl)c1Cl. The summed E-state index contributed by atoms with van der Waals surface area (Å²) in [6.07, 6.45) is 0. The Morgan fingerprint density at radius 1 is 1.12 bits per heavy atom. The molecule has 1 saturated heterocycles. The standard InChI is InChI=1S/C19H20Cl2N2O2/c1-22(19(24)16-3-2-4-17(20)18(16)21)13-14-5-7-15(8-6-14)23-9-11-25-12-10-23/h2-8H,9-13H2,1H3. The van der Waals surface area contributed by atoms with Crippen molar-refractivity contribution in [3.05, 3.63) is 63.6 Å². The molecule has 4 nitrogen and oxygen atoms in total. The summed E-state index contributed by atoms with van der Waals surface area (Å²) in [5.74, 6) is -0.148. The lowest BCUT2D eigenvalue weighted by Crippen LogP contribution is -2.36. The molecule has 0 atom stereocenters. The number of rotatable bonds is 4. The number of ether oxygens (including phenoxy) is 1. The van der Waals surface area contributed by atoms with Crippen LogP contribution in [0, 0.1) is 0 Å². The van der Waals surface area contributed by atoms with Gasteiger partial charge < -0.3 is 14.5 Å². The van der Waals surface area contributed by atoms with Gasteiger partial charge in [-0.2, -0.15) is 0 Å². The number of morpholine rings is 1. The molecular weight excluding hydrogens is 359 g/mol. The van der Waals surface area contributed by atoms with Crippen LogP contribution in [0.3, 0.4) is 0 Å². The van der Waals surface area contributed by atoms with Crippen LogP contribution >= 0.6 is 23.2 Å². The van der Waals surface area contributed by atoms with Crippen LogP contribution < -0.4 is 4.90 Å². The van der Waals surface area contributed by atoms with Crippen molar-refractivity contribution in [2.24, 2.45) is 0 Å². The monoisotopic (exact) mass is 378 g/mol. The van der Waals surface area contributed by atoms with E-state index in [1.165, 1.54) is 5.69 Å². The zero-order chi connectivity index (χ0) is 17.8. The first-order valence-electron chi connectivity index (χ1n) is 8.17. The minimum absolute atomic E-state index is 0.148. The van der Waals surface area contributed by atoms with Crippen molar-refractivity contribution < 1.29 is 9.53 Å². The normalized spacial score (nSPS) is 14.4. The highest BCUT2D eigenvalue weighted by molar-refractivity contribution is 6.43. The van der Waals surface area contributed by atoms with E-state index in [-0.39, 0.29) is 5.91 Å². The van der Waals surface area contributed by atoms with Crippen molar-refractivity contribution in [2.75, 3.05) is 38.3 Å². The van der Waals surface area contributed by atoms with Crippen LogP contribution in [-0.4, -0.2) is 44.2 Å². The lowest BCUT2D eigenvalue weighted by atomic mass is 10.1. The predicted molar refractivity (Wildman–Crippen MR) is 102 cm³/mol. The molecule has 0 unspecified atom stereocenters. The average Bonchev–Trinajstić information content (AvgIpc) is 2.65. The highest BCUT2D eigenvalue weighted by Gasteiger charge is 2.17. The fourth-order valence-corrected chi connectivity index (χ4v) is 3.24. The maximum absolute atomic E-state index is 12.6. The van der Waals surface area contributed by atoms with Gasteiger partial charge in [0.05, 0.1) is 28.8 Å². The van der Waals surface area contributed by atoms with Crippen LogP contribution in [0.15, 0.2) is 42.5 Å². The molecule has 3 rings (SSSR count). The second kappa shape index (κ2) is 8.09. The van der Waals surface area contributed by atoms with E-state index in [1.807, 2.05) is 12.1 Å². The van der Waals surface area contributed by atoms with Gasteiger partial charge >= 0.3 is 0 Å². The van der Waals surface area contributed by atoms with E-state index in [0.717, 1.165) is 31.9 Å². The number of halogens is 2. The van der Waals surface area contributed by atoms with Gasteiger partial charge in [-0.3, -0.25) is 4.79 Å². The average molecular weight is 379 g/mol. The second-order valence-corrected chi connectivity index (χ2v) is 6.81. The summed E-state index contributed by atoms with van der Waals surface area (Å²) in [5, 5.41) is 0.680. The summed E-state index contributed by atoms with van der Waals surface area (Å²) in [5.41, 5.74) is 2.66. The predicted octanol–water partition coefficient (Wildman–Crippen LogP) is 4.10. The number of hydrogen-bond acceptors (Lipinski definition) is 3. The third-order valence-corrected chi connectivity index (χ3v) is 5.08. The third-order valence-electron chi connectivity index (χ3n) is 4.26. The molecule has 1 aliphatic heterocycles. The van der Waals surface area contributed by atoms with Crippen LogP contribution in [0.5, 0.6) is 0 Å². The molecule has 25 heavy (non-hydrogen) atoms. The Morgan fingerprint density at radius 2 is 1.80 bits per heavy atom. The lowest BCUT2D eigenvalue weighted by Gasteiger charge is -2.29. The van der Waals surface area contributed by atoms with Crippen LogP contribution in [-0.2, 0) is 11.3 Å². The molecule has 2 aromatic carbocycles. The van der Waals surface area contributed by atoms with Crippen LogP contribution in [0.2, 0.25) is 10.0 Å². The van der Waals surface area contributed by atoms with Crippen molar-refractivity contribution >= 4 is 34.8 Å². The van der Waals surface area contributed by atoms with E-state index in [9.17, 15) is 4.79 Å². The van der Waals surface area contributed by atoms with Gasteiger partial charge in [-0.05, 0) is 29.8 Å². The fraction of sp³-hybridized carbons (Fsp3) is 0.316. The van der Waals surface area contributed by atoms with E-state index in [2.05, 4.69) is 17.0 Å². The topological polar surface area (TPSA) is 32.8 Å². The number of nitrogens with zero attached hydrogens (tertiary/aromatic N) is 2. The molecule has 0 spiro atoms. The Bertz CT molecular complexity index is 744. The van der Waals surface area contributed by atoms with E-state index >= 15 is 0 Å². The van der Waals surface area contributed by atoms with Gasteiger partial charge in [-0.1, -0.05) is 41.4 Å². The van der Waals surface area contributed by atoms with E-state index in [1.54, 1.807) is 30.1 Å². The molecular formula is C19H20Cl2N2O2. The summed E-state index contributed by atoms with van der Waals surface area (Å²) in [6.45, 7) is 3.85. The fourth-order valence-electron chi connectivity index (χ4n) is 2.85. The highest BCUT2D eigenvalue weighted by Crippen LogP contribution is 2.26. The van der Waals surface area contributed by atoms with E-state index in [0.29, 0.717) is 22.2 Å². The molecule has 6 heteroatoms. The molecule has 0 radical (unpaired) electrons. The number of benzene rings is 2. The molecule has 1 amide bonds. The maximum atomic E-state index is 12.6. The number of amides is 1. The zero-order valence-electron chi connectivity index (χ0n) is 14.0. The van der Waals surface area contributed by atoms with Crippen molar-refractivity contribution in [2.45, 2.75) is 6.54 Å². The molecule has 1 fully saturated rings.